The first kappa shape index (κ1) is 11.2. The Bertz CT molecular complexity index is 383. The molecule has 0 spiro atoms. The Morgan fingerprint density at radius 3 is 3.13 bits per heavy atom. The summed E-state index contributed by atoms with van der Waals surface area (Å²) < 4.78 is 14.0. The lowest BCUT2D eigenvalue weighted by Gasteiger charge is -2.06. The molecule has 0 aromatic heterocycles. The second-order valence-electron chi connectivity index (χ2n) is 3.18. The summed E-state index contributed by atoms with van der Waals surface area (Å²) in [7, 11) is 0. The van der Waals surface area contributed by atoms with E-state index in [0.717, 1.165) is 21.8 Å². The van der Waals surface area contributed by atoms with Crippen LogP contribution < -0.4 is 5.32 Å². The smallest absolute Gasteiger partial charge is 0.161 e. The fraction of sp³-hybridized carbons (Fsp3) is 0.300. The zero-order valence-electron chi connectivity index (χ0n) is 7.91. The molecule has 0 saturated heterocycles. The molecule has 15 heavy (non-hydrogen) atoms. The number of hydrogen-bond acceptors (Lipinski definition) is 3. The largest absolute Gasteiger partial charge is 0.335 e. The van der Waals surface area contributed by atoms with Crippen molar-refractivity contribution in [1.29, 1.82) is 0 Å². The third-order valence-corrected chi connectivity index (χ3v) is 4.73. The molecule has 5 heteroatoms. The summed E-state index contributed by atoms with van der Waals surface area (Å²) in [6.45, 7) is 0.852. The maximum atomic E-state index is 12.9. The third-order valence-electron chi connectivity index (χ3n) is 1.96. The molecule has 1 heterocycles. The number of benzene rings is 1. The van der Waals surface area contributed by atoms with Gasteiger partial charge in [-0.05, 0) is 18.2 Å². The highest BCUT2D eigenvalue weighted by atomic mass is 127. The second-order valence-corrected chi connectivity index (χ2v) is 5.35. The number of rotatable bonds is 2. The van der Waals surface area contributed by atoms with Crippen LogP contribution in [0.15, 0.2) is 29.3 Å². The van der Waals surface area contributed by atoms with Crippen LogP contribution in [0.25, 0.3) is 0 Å². The summed E-state index contributed by atoms with van der Waals surface area (Å²) in [6.07, 6.45) is 0. The van der Waals surface area contributed by atoms with Crippen molar-refractivity contribution < 1.29 is 4.39 Å². The molecular formula is C10H10FIN2S. The number of aliphatic imine (C=N–C) groups is 1. The number of nitrogens with one attached hydrogen (secondary N) is 1. The van der Waals surface area contributed by atoms with Gasteiger partial charge in [0.05, 0.1) is 6.54 Å². The number of hydrogen-bond donors (Lipinski definition) is 1. The molecule has 80 valence electrons. The Labute approximate surface area is 106 Å². The predicted molar refractivity (Wildman–Crippen MR) is 72.6 cm³/mol. The van der Waals surface area contributed by atoms with E-state index in [2.05, 4.69) is 32.9 Å². The number of halogens is 2. The standard InChI is InChI=1S/C10H10FIN2S/c11-7-2-1-3-8(4-7)14-10-13-6-9(5-12)15-10/h1-4,9H,5-6H2,(H,13,14)/t9-/m0/s1. The van der Waals surface area contributed by atoms with Gasteiger partial charge in [0.15, 0.2) is 5.17 Å². The van der Waals surface area contributed by atoms with E-state index < -0.39 is 0 Å². The molecule has 1 N–H and O–H groups in total. The molecule has 1 aliphatic rings. The molecular weight excluding hydrogens is 326 g/mol. The highest BCUT2D eigenvalue weighted by Crippen LogP contribution is 2.24. The first-order chi connectivity index (χ1) is 7.28. The minimum Gasteiger partial charge on any atom is -0.335 e. The summed E-state index contributed by atoms with van der Waals surface area (Å²) in [5, 5.41) is 4.56. The Balaban J connectivity index is 1.98. The van der Waals surface area contributed by atoms with Crippen LogP contribution in [0.3, 0.4) is 0 Å². The molecule has 0 bridgehead atoms. The average Bonchev–Trinajstić information content (AvgIpc) is 2.65. The van der Waals surface area contributed by atoms with E-state index in [0.29, 0.717) is 5.25 Å². The van der Waals surface area contributed by atoms with Crippen LogP contribution in [0, 0.1) is 5.82 Å². The van der Waals surface area contributed by atoms with Crippen molar-refractivity contribution >= 4 is 45.2 Å². The second kappa shape index (κ2) is 5.16. The quantitative estimate of drug-likeness (QED) is 0.663. The van der Waals surface area contributed by atoms with E-state index in [-0.39, 0.29) is 5.82 Å². The normalized spacial score (nSPS) is 20.1. The van der Waals surface area contributed by atoms with Gasteiger partial charge in [-0.1, -0.05) is 40.4 Å². The van der Waals surface area contributed by atoms with Gasteiger partial charge in [0, 0.05) is 15.4 Å². The van der Waals surface area contributed by atoms with Gasteiger partial charge >= 0.3 is 0 Å². The summed E-state index contributed by atoms with van der Waals surface area (Å²) in [5.41, 5.74) is 0.760. The maximum Gasteiger partial charge on any atom is 0.161 e. The molecule has 0 radical (unpaired) electrons. The molecule has 1 aromatic rings. The maximum absolute atomic E-state index is 12.9. The lowest BCUT2D eigenvalue weighted by atomic mass is 10.3. The van der Waals surface area contributed by atoms with E-state index >= 15 is 0 Å². The van der Waals surface area contributed by atoms with Gasteiger partial charge < -0.3 is 5.32 Å². The molecule has 1 aliphatic heterocycles. The van der Waals surface area contributed by atoms with Gasteiger partial charge in [-0.25, -0.2) is 4.39 Å². The number of nitrogens with zero attached hydrogens (tertiary/aromatic N) is 1. The number of amidine groups is 1. The highest BCUT2D eigenvalue weighted by molar-refractivity contribution is 14.1. The van der Waals surface area contributed by atoms with Crippen LogP contribution in [0.1, 0.15) is 0 Å². The monoisotopic (exact) mass is 336 g/mol. The Morgan fingerprint density at radius 1 is 1.60 bits per heavy atom. The van der Waals surface area contributed by atoms with Gasteiger partial charge in [0.1, 0.15) is 5.82 Å². The highest BCUT2D eigenvalue weighted by Gasteiger charge is 2.18. The molecule has 2 rings (SSSR count). The van der Waals surface area contributed by atoms with Crippen molar-refractivity contribution in [2.75, 3.05) is 16.3 Å². The first-order valence-corrected chi connectivity index (χ1v) is 6.98. The van der Waals surface area contributed by atoms with Gasteiger partial charge in [-0.2, -0.15) is 0 Å². The van der Waals surface area contributed by atoms with Crippen LogP contribution in [0.2, 0.25) is 0 Å². The minimum absolute atomic E-state index is 0.228. The SMILES string of the molecule is Fc1cccc(NC2=NC[C@H](CI)S2)c1. The van der Waals surface area contributed by atoms with E-state index in [1.54, 1.807) is 17.8 Å². The molecule has 1 atom stereocenters. The van der Waals surface area contributed by atoms with Crippen molar-refractivity contribution in [2.24, 2.45) is 4.99 Å². The van der Waals surface area contributed by atoms with Crippen LogP contribution in [-0.2, 0) is 0 Å². The molecule has 2 nitrogen and oxygen atoms in total. The van der Waals surface area contributed by atoms with Crippen molar-refractivity contribution in [1.82, 2.24) is 0 Å². The van der Waals surface area contributed by atoms with Crippen LogP contribution in [0.5, 0.6) is 0 Å². The van der Waals surface area contributed by atoms with Crippen molar-refractivity contribution in [3.63, 3.8) is 0 Å². The van der Waals surface area contributed by atoms with E-state index in [1.807, 2.05) is 6.07 Å². The Kier molecular flexibility index (Phi) is 3.85. The van der Waals surface area contributed by atoms with Crippen LogP contribution >= 0.6 is 34.4 Å². The zero-order valence-corrected chi connectivity index (χ0v) is 10.9. The van der Waals surface area contributed by atoms with Crippen LogP contribution in [-0.4, -0.2) is 21.4 Å². The topological polar surface area (TPSA) is 24.4 Å². The number of thioether (sulfide) groups is 1. The average molecular weight is 336 g/mol. The molecule has 0 unspecified atom stereocenters. The lowest BCUT2D eigenvalue weighted by Crippen LogP contribution is -2.08. The summed E-state index contributed by atoms with van der Waals surface area (Å²) >= 11 is 4.07. The summed E-state index contributed by atoms with van der Waals surface area (Å²) in [6, 6.07) is 6.43. The zero-order chi connectivity index (χ0) is 10.7. The van der Waals surface area contributed by atoms with E-state index in [1.165, 1.54) is 12.1 Å². The minimum atomic E-state index is -0.228. The third kappa shape index (κ3) is 3.07. The molecule has 0 saturated carbocycles. The summed E-state index contributed by atoms with van der Waals surface area (Å²) in [5.74, 6) is -0.228. The fourth-order valence-corrected chi connectivity index (χ4v) is 2.93. The van der Waals surface area contributed by atoms with Gasteiger partial charge in [-0.15, -0.1) is 0 Å². The van der Waals surface area contributed by atoms with E-state index in [4.69, 9.17) is 0 Å². The number of anilines is 1. The Morgan fingerprint density at radius 2 is 2.47 bits per heavy atom. The first-order valence-electron chi connectivity index (χ1n) is 4.57. The lowest BCUT2D eigenvalue weighted by molar-refractivity contribution is 0.628. The number of alkyl halides is 1. The van der Waals surface area contributed by atoms with Gasteiger partial charge in [0.25, 0.3) is 0 Å². The molecule has 1 aromatic carbocycles. The van der Waals surface area contributed by atoms with Crippen molar-refractivity contribution in [3.05, 3.63) is 30.1 Å². The predicted octanol–water partition coefficient (Wildman–Crippen LogP) is 3.14. The van der Waals surface area contributed by atoms with Gasteiger partial charge in [-0.3, -0.25) is 4.99 Å². The molecule has 0 fully saturated rings. The molecule has 0 amide bonds. The van der Waals surface area contributed by atoms with Crippen molar-refractivity contribution in [2.45, 2.75) is 5.25 Å². The van der Waals surface area contributed by atoms with Crippen molar-refractivity contribution in [3.8, 4) is 0 Å². The van der Waals surface area contributed by atoms with Gasteiger partial charge in [0.2, 0.25) is 0 Å². The fourth-order valence-electron chi connectivity index (χ4n) is 1.26. The summed E-state index contributed by atoms with van der Waals surface area (Å²) in [4.78, 5) is 4.35. The van der Waals surface area contributed by atoms with Crippen LogP contribution in [0.4, 0.5) is 10.1 Å². The molecule has 0 aliphatic carbocycles. The van der Waals surface area contributed by atoms with E-state index in [9.17, 15) is 4.39 Å². The Hall–Kier alpha value is -0.300.